The molecule has 3 aromatic heterocycles. The van der Waals surface area contributed by atoms with Crippen LogP contribution in [-0.4, -0.2) is 44.7 Å². The summed E-state index contributed by atoms with van der Waals surface area (Å²) in [6.45, 7) is 0. The average molecular weight is 340 g/mol. The van der Waals surface area contributed by atoms with Gasteiger partial charge in [-0.05, 0) is 28.6 Å². The molecule has 0 atom stereocenters. The van der Waals surface area contributed by atoms with Crippen LogP contribution in [0.1, 0.15) is 0 Å². The summed E-state index contributed by atoms with van der Waals surface area (Å²) in [7, 11) is -3.47. The molecule has 0 saturated heterocycles. The standard InChI is InChI=1S/C15H12N6O2S/c1-24(22,23)12-6-4-5-10(14(12)15-17-19-20-18-15)11-9-16-13-7-2-3-8-21(11)13/h2-9H,1H3,(H,17,18,19,20). The number of H-pyrrole nitrogens is 1. The van der Waals surface area contributed by atoms with Gasteiger partial charge in [0.05, 0.1) is 16.8 Å². The number of rotatable bonds is 3. The Morgan fingerprint density at radius 2 is 2.00 bits per heavy atom. The first kappa shape index (κ1) is 14.5. The highest BCUT2D eigenvalue weighted by Crippen LogP contribution is 2.35. The Kier molecular flexibility index (Phi) is 3.17. The maximum Gasteiger partial charge on any atom is 0.181 e. The Balaban J connectivity index is 2.10. The fourth-order valence-corrected chi connectivity index (χ4v) is 3.60. The molecule has 1 aromatic carbocycles. The summed E-state index contributed by atoms with van der Waals surface area (Å²) in [5, 5.41) is 13.7. The largest absolute Gasteiger partial charge is 0.300 e. The number of nitrogens with zero attached hydrogens (tertiary/aromatic N) is 5. The van der Waals surface area contributed by atoms with Crippen molar-refractivity contribution in [2.75, 3.05) is 6.26 Å². The van der Waals surface area contributed by atoms with Crippen molar-refractivity contribution in [3.05, 3.63) is 48.8 Å². The second-order valence-corrected chi connectivity index (χ2v) is 7.26. The fourth-order valence-electron chi connectivity index (χ4n) is 2.69. The van der Waals surface area contributed by atoms with Crippen molar-refractivity contribution in [2.24, 2.45) is 0 Å². The van der Waals surface area contributed by atoms with Crippen molar-refractivity contribution < 1.29 is 8.42 Å². The van der Waals surface area contributed by atoms with Crippen LogP contribution >= 0.6 is 0 Å². The lowest BCUT2D eigenvalue weighted by Gasteiger charge is -2.11. The van der Waals surface area contributed by atoms with Crippen LogP contribution < -0.4 is 0 Å². The van der Waals surface area contributed by atoms with Crippen molar-refractivity contribution in [3.63, 3.8) is 0 Å². The van der Waals surface area contributed by atoms with Gasteiger partial charge in [0.25, 0.3) is 0 Å². The molecule has 3 heterocycles. The van der Waals surface area contributed by atoms with Gasteiger partial charge in [0.15, 0.2) is 15.7 Å². The number of aromatic amines is 1. The van der Waals surface area contributed by atoms with E-state index < -0.39 is 9.84 Å². The predicted octanol–water partition coefficient (Wildman–Crippen LogP) is 1.58. The molecular formula is C15H12N6O2S. The molecule has 0 unspecified atom stereocenters. The molecule has 4 aromatic rings. The molecule has 24 heavy (non-hydrogen) atoms. The van der Waals surface area contributed by atoms with Crippen molar-refractivity contribution in [1.82, 2.24) is 30.0 Å². The number of sulfone groups is 1. The highest BCUT2D eigenvalue weighted by atomic mass is 32.2. The van der Waals surface area contributed by atoms with E-state index >= 15 is 0 Å². The summed E-state index contributed by atoms with van der Waals surface area (Å²) in [6, 6.07) is 10.7. The molecule has 8 nitrogen and oxygen atoms in total. The summed E-state index contributed by atoms with van der Waals surface area (Å²) >= 11 is 0. The Labute approximate surface area is 137 Å². The van der Waals surface area contributed by atoms with Crippen molar-refractivity contribution in [1.29, 1.82) is 0 Å². The first-order valence-electron chi connectivity index (χ1n) is 7.05. The third kappa shape index (κ3) is 2.26. The van der Waals surface area contributed by atoms with Crippen LogP contribution in [0.5, 0.6) is 0 Å². The van der Waals surface area contributed by atoms with E-state index in [1.165, 1.54) is 0 Å². The van der Waals surface area contributed by atoms with Gasteiger partial charge in [-0.3, -0.25) is 4.40 Å². The number of pyridine rings is 1. The summed E-state index contributed by atoms with van der Waals surface area (Å²) < 4.78 is 26.3. The molecule has 9 heteroatoms. The smallest absolute Gasteiger partial charge is 0.181 e. The van der Waals surface area contributed by atoms with Gasteiger partial charge in [-0.1, -0.05) is 18.2 Å². The molecular weight excluding hydrogens is 328 g/mol. The second-order valence-electron chi connectivity index (χ2n) is 5.27. The van der Waals surface area contributed by atoms with Gasteiger partial charge in [0.2, 0.25) is 0 Å². The van der Waals surface area contributed by atoms with Gasteiger partial charge < -0.3 is 0 Å². The first-order valence-corrected chi connectivity index (χ1v) is 8.94. The number of nitrogens with one attached hydrogen (secondary N) is 1. The number of aromatic nitrogens is 6. The van der Waals surface area contributed by atoms with Gasteiger partial charge >= 0.3 is 0 Å². The van der Waals surface area contributed by atoms with Crippen LogP contribution in [0.2, 0.25) is 0 Å². The van der Waals surface area contributed by atoms with Gasteiger partial charge in [-0.2, -0.15) is 0 Å². The molecule has 0 radical (unpaired) electrons. The van der Waals surface area contributed by atoms with Crippen LogP contribution in [0, 0.1) is 0 Å². The Morgan fingerprint density at radius 3 is 2.75 bits per heavy atom. The van der Waals surface area contributed by atoms with Crippen molar-refractivity contribution in [3.8, 4) is 22.6 Å². The maximum absolute atomic E-state index is 12.2. The third-order valence-corrected chi connectivity index (χ3v) is 4.84. The highest BCUT2D eigenvalue weighted by molar-refractivity contribution is 7.90. The van der Waals surface area contributed by atoms with E-state index in [-0.39, 0.29) is 10.7 Å². The minimum absolute atomic E-state index is 0.157. The van der Waals surface area contributed by atoms with Crippen LogP contribution in [0.4, 0.5) is 0 Å². The van der Waals surface area contributed by atoms with E-state index in [0.717, 1.165) is 17.6 Å². The van der Waals surface area contributed by atoms with Crippen molar-refractivity contribution in [2.45, 2.75) is 4.90 Å². The van der Waals surface area contributed by atoms with Crippen LogP contribution in [0.25, 0.3) is 28.3 Å². The zero-order valence-electron chi connectivity index (χ0n) is 12.6. The lowest BCUT2D eigenvalue weighted by molar-refractivity contribution is 0.602. The van der Waals surface area contributed by atoms with E-state index in [1.807, 2.05) is 34.9 Å². The molecule has 1 N–H and O–H groups in total. The number of benzene rings is 1. The first-order chi connectivity index (χ1) is 11.6. The molecule has 0 fully saturated rings. The summed E-state index contributed by atoms with van der Waals surface area (Å²) in [5.74, 6) is 0.289. The number of fused-ring (bicyclic) bond motifs is 1. The van der Waals surface area contributed by atoms with Gasteiger partial charge in [-0.15, -0.1) is 5.10 Å². The Morgan fingerprint density at radius 1 is 1.12 bits per heavy atom. The lowest BCUT2D eigenvalue weighted by atomic mass is 10.0. The van der Waals surface area contributed by atoms with E-state index in [2.05, 4.69) is 25.6 Å². The lowest BCUT2D eigenvalue weighted by Crippen LogP contribution is -2.03. The monoisotopic (exact) mass is 340 g/mol. The number of hydrogen-bond acceptors (Lipinski definition) is 6. The fraction of sp³-hybridized carbons (Fsp3) is 0.0667. The zero-order valence-corrected chi connectivity index (χ0v) is 13.4. The van der Waals surface area contributed by atoms with Gasteiger partial charge in [0, 0.05) is 23.6 Å². The predicted molar refractivity (Wildman–Crippen MR) is 86.9 cm³/mol. The Hall–Kier alpha value is -3.07. The number of hydrogen-bond donors (Lipinski definition) is 1. The summed E-state index contributed by atoms with van der Waals surface area (Å²) in [6.07, 6.45) is 4.73. The van der Waals surface area contributed by atoms with E-state index in [9.17, 15) is 8.42 Å². The van der Waals surface area contributed by atoms with E-state index in [1.54, 1.807) is 18.3 Å². The molecule has 120 valence electrons. The third-order valence-electron chi connectivity index (χ3n) is 3.70. The van der Waals surface area contributed by atoms with Crippen molar-refractivity contribution >= 4 is 15.5 Å². The molecule has 0 aliphatic carbocycles. The Bertz CT molecular complexity index is 1130. The van der Waals surface area contributed by atoms with E-state index in [4.69, 9.17) is 0 Å². The number of tetrazole rings is 1. The summed E-state index contributed by atoms with van der Waals surface area (Å²) in [5.41, 5.74) is 2.62. The minimum Gasteiger partial charge on any atom is -0.300 e. The van der Waals surface area contributed by atoms with E-state index in [0.29, 0.717) is 11.1 Å². The van der Waals surface area contributed by atoms with Gasteiger partial charge in [0.1, 0.15) is 5.65 Å². The SMILES string of the molecule is CS(=O)(=O)c1cccc(-c2cnc3ccccn23)c1-c1nnn[nH]1. The van der Waals surface area contributed by atoms with Crippen LogP contribution in [0.15, 0.2) is 53.7 Å². The molecule has 4 rings (SSSR count). The molecule has 0 amide bonds. The number of imidazole rings is 1. The maximum atomic E-state index is 12.2. The molecule has 0 aliphatic heterocycles. The zero-order chi connectivity index (χ0) is 16.7. The topological polar surface area (TPSA) is 106 Å². The minimum atomic E-state index is -3.47. The second kappa shape index (κ2) is 5.24. The highest BCUT2D eigenvalue weighted by Gasteiger charge is 2.22. The average Bonchev–Trinajstić information content (AvgIpc) is 3.23. The van der Waals surface area contributed by atoms with Gasteiger partial charge in [-0.25, -0.2) is 18.5 Å². The summed E-state index contributed by atoms with van der Waals surface area (Å²) in [4.78, 5) is 4.52. The molecule has 0 saturated carbocycles. The molecule has 0 bridgehead atoms. The quantitative estimate of drug-likeness (QED) is 0.607. The van der Waals surface area contributed by atoms with Crippen LogP contribution in [0.3, 0.4) is 0 Å². The van der Waals surface area contributed by atoms with Crippen LogP contribution in [-0.2, 0) is 9.84 Å². The molecule has 0 aliphatic rings. The normalized spacial score (nSPS) is 11.9. The molecule has 0 spiro atoms.